The molecule has 1 unspecified atom stereocenters. The van der Waals surface area contributed by atoms with Gasteiger partial charge in [-0.05, 0) is 34.5 Å². The van der Waals surface area contributed by atoms with E-state index in [2.05, 4.69) is 43.2 Å². The summed E-state index contributed by atoms with van der Waals surface area (Å²) in [6.45, 7) is 2.06. The van der Waals surface area contributed by atoms with E-state index >= 15 is 0 Å². The Labute approximate surface area is 130 Å². The molecule has 0 radical (unpaired) electrons. The molecule has 0 saturated carbocycles. The van der Waals surface area contributed by atoms with Crippen LogP contribution >= 0.6 is 15.9 Å². The minimum Gasteiger partial charge on any atom is -0.481 e. The number of pyridine rings is 1. The van der Waals surface area contributed by atoms with Crippen molar-refractivity contribution in [1.29, 1.82) is 0 Å². The Hall–Kier alpha value is -2.15. The Morgan fingerprint density at radius 3 is 3.00 bits per heavy atom. The molecule has 0 aliphatic heterocycles. The predicted octanol–water partition coefficient (Wildman–Crippen LogP) is 3.07. The van der Waals surface area contributed by atoms with Crippen LogP contribution in [0.2, 0.25) is 0 Å². The van der Waals surface area contributed by atoms with Crippen molar-refractivity contribution in [3.05, 3.63) is 47.0 Å². The Balaban J connectivity index is 1.92. The van der Waals surface area contributed by atoms with Gasteiger partial charge in [0, 0.05) is 24.7 Å². The van der Waals surface area contributed by atoms with E-state index in [0.717, 1.165) is 21.4 Å². The fraction of sp³-hybridized carbons (Fsp3) is 0.214. The molecule has 3 aromatic rings. The lowest BCUT2D eigenvalue weighted by Crippen LogP contribution is -2.09. The number of halogens is 1. The van der Waals surface area contributed by atoms with Gasteiger partial charge in [0.25, 0.3) is 0 Å². The SMILES string of the molecule is COc1cc(C(C)Nc2nccn3ncc(Br)c23)ccn1. The molecule has 108 valence electrons. The van der Waals surface area contributed by atoms with Crippen molar-refractivity contribution in [2.24, 2.45) is 0 Å². The van der Waals surface area contributed by atoms with Crippen LogP contribution in [-0.4, -0.2) is 26.7 Å². The van der Waals surface area contributed by atoms with E-state index in [0.29, 0.717) is 5.88 Å². The molecule has 0 spiro atoms. The van der Waals surface area contributed by atoms with Crippen LogP contribution in [0.25, 0.3) is 5.52 Å². The number of hydrogen-bond donors (Lipinski definition) is 1. The van der Waals surface area contributed by atoms with E-state index in [1.54, 1.807) is 30.2 Å². The molecule has 0 aliphatic carbocycles. The van der Waals surface area contributed by atoms with Crippen molar-refractivity contribution in [2.75, 3.05) is 12.4 Å². The highest BCUT2D eigenvalue weighted by Crippen LogP contribution is 2.27. The van der Waals surface area contributed by atoms with E-state index < -0.39 is 0 Å². The normalized spacial score (nSPS) is 12.3. The second-order valence-electron chi connectivity index (χ2n) is 4.56. The van der Waals surface area contributed by atoms with Crippen LogP contribution < -0.4 is 10.1 Å². The summed E-state index contributed by atoms with van der Waals surface area (Å²) in [5.41, 5.74) is 1.98. The molecule has 1 N–H and O–H groups in total. The second kappa shape index (κ2) is 5.69. The first-order valence-corrected chi connectivity index (χ1v) is 7.22. The maximum absolute atomic E-state index is 5.16. The average molecular weight is 348 g/mol. The molecule has 7 heteroatoms. The molecule has 3 rings (SSSR count). The third kappa shape index (κ3) is 2.69. The molecule has 0 saturated heterocycles. The third-order valence-electron chi connectivity index (χ3n) is 3.21. The van der Waals surface area contributed by atoms with Gasteiger partial charge in [0.2, 0.25) is 5.88 Å². The Morgan fingerprint density at radius 1 is 1.33 bits per heavy atom. The number of fused-ring (bicyclic) bond motifs is 1. The highest BCUT2D eigenvalue weighted by Gasteiger charge is 2.12. The zero-order valence-electron chi connectivity index (χ0n) is 11.6. The molecule has 6 nitrogen and oxygen atoms in total. The fourth-order valence-electron chi connectivity index (χ4n) is 2.11. The maximum atomic E-state index is 5.16. The summed E-state index contributed by atoms with van der Waals surface area (Å²) in [5, 5.41) is 7.64. The second-order valence-corrected chi connectivity index (χ2v) is 5.41. The summed E-state index contributed by atoms with van der Waals surface area (Å²) in [5.74, 6) is 1.36. The van der Waals surface area contributed by atoms with Crippen LogP contribution in [0.3, 0.4) is 0 Å². The molecule has 1 atom stereocenters. The van der Waals surface area contributed by atoms with Crippen LogP contribution in [0, 0.1) is 0 Å². The van der Waals surface area contributed by atoms with E-state index in [1.165, 1.54) is 0 Å². The first kappa shape index (κ1) is 13.8. The average Bonchev–Trinajstić information content (AvgIpc) is 2.90. The lowest BCUT2D eigenvalue weighted by Gasteiger charge is -2.16. The van der Waals surface area contributed by atoms with Crippen LogP contribution in [-0.2, 0) is 0 Å². The number of hydrogen-bond acceptors (Lipinski definition) is 5. The van der Waals surface area contributed by atoms with Gasteiger partial charge in [0.1, 0.15) is 5.52 Å². The molecule has 0 aliphatic rings. The largest absolute Gasteiger partial charge is 0.481 e. The van der Waals surface area contributed by atoms with E-state index in [9.17, 15) is 0 Å². The Bertz CT molecular complexity index is 773. The van der Waals surface area contributed by atoms with Crippen molar-refractivity contribution >= 4 is 27.3 Å². The molecule has 21 heavy (non-hydrogen) atoms. The minimum atomic E-state index is 0.0578. The highest BCUT2D eigenvalue weighted by atomic mass is 79.9. The van der Waals surface area contributed by atoms with Gasteiger partial charge in [-0.15, -0.1) is 0 Å². The van der Waals surface area contributed by atoms with E-state index in [1.807, 2.05) is 18.3 Å². The predicted molar refractivity (Wildman–Crippen MR) is 83.5 cm³/mol. The first-order chi connectivity index (χ1) is 10.2. The quantitative estimate of drug-likeness (QED) is 0.785. The molecule has 0 fully saturated rings. The number of methoxy groups -OCH3 is 1. The van der Waals surface area contributed by atoms with Crippen LogP contribution in [0.5, 0.6) is 5.88 Å². The fourth-order valence-corrected chi connectivity index (χ4v) is 2.57. The van der Waals surface area contributed by atoms with Crippen LogP contribution in [0.1, 0.15) is 18.5 Å². The third-order valence-corrected chi connectivity index (χ3v) is 3.79. The zero-order chi connectivity index (χ0) is 14.8. The summed E-state index contributed by atoms with van der Waals surface area (Å²) in [6.07, 6.45) is 7.01. The molecule has 0 aromatic carbocycles. The topological polar surface area (TPSA) is 64.3 Å². The molecule has 3 aromatic heterocycles. The van der Waals surface area contributed by atoms with Gasteiger partial charge in [-0.3, -0.25) is 0 Å². The molecule has 0 bridgehead atoms. The summed E-state index contributed by atoms with van der Waals surface area (Å²) in [6, 6.07) is 3.91. The van der Waals surface area contributed by atoms with Crippen molar-refractivity contribution in [2.45, 2.75) is 13.0 Å². The summed E-state index contributed by atoms with van der Waals surface area (Å²) >= 11 is 3.49. The van der Waals surface area contributed by atoms with Gasteiger partial charge in [-0.2, -0.15) is 5.10 Å². The summed E-state index contributed by atoms with van der Waals surface area (Å²) in [4.78, 5) is 8.52. The molecule has 0 amide bonds. The van der Waals surface area contributed by atoms with Crippen molar-refractivity contribution in [3.63, 3.8) is 0 Å². The number of aromatic nitrogens is 4. The number of nitrogens with zero attached hydrogens (tertiary/aromatic N) is 4. The van der Waals surface area contributed by atoms with Gasteiger partial charge in [0.05, 0.1) is 23.8 Å². The summed E-state index contributed by atoms with van der Waals surface area (Å²) < 4.78 is 7.83. The van der Waals surface area contributed by atoms with E-state index in [4.69, 9.17) is 4.74 Å². The van der Waals surface area contributed by atoms with Crippen molar-refractivity contribution < 1.29 is 4.74 Å². The van der Waals surface area contributed by atoms with Crippen LogP contribution in [0.15, 0.2) is 41.4 Å². The minimum absolute atomic E-state index is 0.0578. The number of anilines is 1. The maximum Gasteiger partial charge on any atom is 0.213 e. The molecular weight excluding hydrogens is 334 g/mol. The Kier molecular flexibility index (Phi) is 3.74. The molecule has 3 heterocycles. The van der Waals surface area contributed by atoms with Crippen molar-refractivity contribution in [1.82, 2.24) is 19.6 Å². The smallest absolute Gasteiger partial charge is 0.213 e. The lowest BCUT2D eigenvalue weighted by molar-refractivity contribution is 0.397. The van der Waals surface area contributed by atoms with Gasteiger partial charge in [0.15, 0.2) is 5.82 Å². The first-order valence-electron chi connectivity index (χ1n) is 6.43. The standard InChI is InChI=1S/C14H14BrN5O/c1-9(10-3-4-16-12(7-10)21-2)19-14-13-11(15)8-18-20(13)6-5-17-14/h3-9H,1-2H3,(H,17,19). The van der Waals surface area contributed by atoms with Crippen LogP contribution in [0.4, 0.5) is 5.82 Å². The highest BCUT2D eigenvalue weighted by molar-refractivity contribution is 9.10. The van der Waals surface area contributed by atoms with Gasteiger partial charge in [-0.1, -0.05) is 0 Å². The zero-order valence-corrected chi connectivity index (χ0v) is 13.2. The van der Waals surface area contributed by atoms with Crippen molar-refractivity contribution in [3.8, 4) is 5.88 Å². The monoisotopic (exact) mass is 347 g/mol. The number of nitrogens with one attached hydrogen (secondary N) is 1. The number of rotatable bonds is 4. The molecular formula is C14H14BrN5O. The van der Waals surface area contributed by atoms with E-state index in [-0.39, 0.29) is 6.04 Å². The number of ether oxygens (including phenoxy) is 1. The van der Waals surface area contributed by atoms with Gasteiger partial charge in [-0.25, -0.2) is 14.5 Å². The Morgan fingerprint density at radius 2 is 2.19 bits per heavy atom. The van der Waals surface area contributed by atoms with Gasteiger partial charge < -0.3 is 10.1 Å². The lowest BCUT2D eigenvalue weighted by atomic mass is 10.1. The summed E-state index contributed by atoms with van der Waals surface area (Å²) in [7, 11) is 1.61. The van der Waals surface area contributed by atoms with Gasteiger partial charge >= 0.3 is 0 Å².